The van der Waals surface area contributed by atoms with Crippen molar-refractivity contribution in [2.45, 2.75) is 6.54 Å². The van der Waals surface area contributed by atoms with Crippen molar-refractivity contribution in [2.24, 2.45) is 0 Å². The second kappa shape index (κ2) is 4.28. The number of nitro groups is 1. The average molecular weight is 239 g/mol. The van der Waals surface area contributed by atoms with Crippen LogP contribution < -0.4 is 0 Å². The third-order valence-electron chi connectivity index (χ3n) is 2.04. The van der Waals surface area contributed by atoms with E-state index in [2.05, 4.69) is 10.1 Å². The van der Waals surface area contributed by atoms with Gasteiger partial charge in [0.1, 0.15) is 12.7 Å². The van der Waals surface area contributed by atoms with Crippen molar-refractivity contribution in [1.29, 1.82) is 0 Å². The van der Waals surface area contributed by atoms with Gasteiger partial charge in [0.05, 0.1) is 17.0 Å². The van der Waals surface area contributed by atoms with Gasteiger partial charge in [-0.2, -0.15) is 5.10 Å². The Bertz CT molecular complexity index is 512. The minimum Gasteiger partial charge on any atom is -0.258 e. The molecule has 0 spiro atoms. The number of rotatable bonds is 3. The molecule has 1 heterocycles. The molecular weight excluding hydrogens is 232 g/mol. The highest BCUT2D eigenvalue weighted by atomic mass is 35.5. The molecule has 16 heavy (non-hydrogen) atoms. The highest BCUT2D eigenvalue weighted by Crippen LogP contribution is 2.23. The van der Waals surface area contributed by atoms with Gasteiger partial charge in [-0.25, -0.2) is 9.67 Å². The Morgan fingerprint density at radius 1 is 1.50 bits per heavy atom. The molecule has 0 N–H and O–H groups in total. The molecule has 0 radical (unpaired) electrons. The van der Waals surface area contributed by atoms with Crippen LogP contribution in [0.15, 0.2) is 30.9 Å². The van der Waals surface area contributed by atoms with Crippen LogP contribution >= 0.6 is 11.6 Å². The lowest BCUT2D eigenvalue weighted by Crippen LogP contribution is -2.03. The molecule has 0 aliphatic rings. The van der Waals surface area contributed by atoms with Crippen molar-refractivity contribution in [2.75, 3.05) is 0 Å². The van der Waals surface area contributed by atoms with Gasteiger partial charge in [-0.1, -0.05) is 11.6 Å². The standard InChI is InChI=1S/C9H7ClN4O2/c10-8-2-1-7(9(3-8)14(15)16)4-13-6-11-5-12-13/h1-3,5-6H,4H2. The molecule has 0 atom stereocenters. The van der Waals surface area contributed by atoms with Crippen molar-refractivity contribution in [3.05, 3.63) is 51.6 Å². The minimum atomic E-state index is -0.460. The van der Waals surface area contributed by atoms with Crippen LogP contribution in [0.2, 0.25) is 5.02 Å². The molecule has 6 nitrogen and oxygen atoms in total. The van der Waals surface area contributed by atoms with E-state index in [9.17, 15) is 10.1 Å². The quantitative estimate of drug-likeness (QED) is 0.605. The summed E-state index contributed by atoms with van der Waals surface area (Å²) < 4.78 is 1.51. The van der Waals surface area contributed by atoms with Gasteiger partial charge in [-0.3, -0.25) is 10.1 Å². The van der Waals surface area contributed by atoms with Crippen molar-refractivity contribution in [3.8, 4) is 0 Å². The molecule has 0 fully saturated rings. The van der Waals surface area contributed by atoms with Crippen LogP contribution in [0.4, 0.5) is 5.69 Å². The molecule has 7 heteroatoms. The molecular formula is C9H7ClN4O2. The molecule has 1 aromatic carbocycles. The van der Waals surface area contributed by atoms with Crippen LogP contribution in [0.25, 0.3) is 0 Å². The summed E-state index contributed by atoms with van der Waals surface area (Å²) in [6.45, 7) is 0.299. The number of nitrogens with zero attached hydrogens (tertiary/aromatic N) is 4. The molecule has 1 aromatic heterocycles. The molecule has 0 unspecified atom stereocenters. The molecule has 0 aliphatic carbocycles. The Morgan fingerprint density at radius 3 is 2.94 bits per heavy atom. The third kappa shape index (κ3) is 2.17. The Kier molecular flexibility index (Phi) is 2.82. The van der Waals surface area contributed by atoms with Crippen LogP contribution in [0.5, 0.6) is 0 Å². The van der Waals surface area contributed by atoms with Crippen LogP contribution in [-0.4, -0.2) is 19.7 Å². The minimum absolute atomic E-state index is 0.0111. The Morgan fingerprint density at radius 2 is 2.31 bits per heavy atom. The van der Waals surface area contributed by atoms with E-state index in [-0.39, 0.29) is 5.69 Å². The summed E-state index contributed by atoms with van der Waals surface area (Å²) in [4.78, 5) is 14.1. The summed E-state index contributed by atoms with van der Waals surface area (Å²) in [5.74, 6) is 0. The second-order valence-corrected chi connectivity index (χ2v) is 3.56. The maximum Gasteiger partial charge on any atom is 0.275 e. The van der Waals surface area contributed by atoms with E-state index in [1.807, 2.05) is 0 Å². The molecule has 2 rings (SSSR count). The fraction of sp³-hybridized carbons (Fsp3) is 0.111. The topological polar surface area (TPSA) is 73.8 Å². The van der Waals surface area contributed by atoms with Gasteiger partial charge >= 0.3 is 0 Å². The van der Waals surface area contributed by atoms with Gasteiger partial charge in [0.2, 0.25) is 0 Å². The molecule has 0 bridgehead atoms. The smallest absolute Gasteiger partial charge is 0.258 e. The molecule has 0 saturated heterocycles. The highest BCUT2D eigenvalue weighted by Gasteiger charge is 2.14. The zero-order chi connectivity index (χ0) is 11.5. The number of hydrogen-bond donors (Lipinski definition) is 0. The number of halogens is 1. The van der Waals surface area contributed by atoms with Crippen LogP contribution in [-0.2, 0) is 6.54 Å². The monoisotopic (exact) mass is 238 g/mol. The van der Waals surface area contributed by atoms with Gasteiger partial charge in [0, 0.05) is 11.1 Å². The van der Waals surface area contributed by atoms with Crippen LogP contribution in [0, 0.1) is 10.1 Å². The van der Waals surface area contributed by atoms with Gasteiger partial charge in [-0.05, 0) is 12.1 Å². The predicted octanol–water partition coefficient (Wildman–Crippen LogP) is 1.89. The number of nitro benzene ring substituents is 1. The normalized spacial score (nSPS) is 10.3. The lowest BCUT2D eigenvalue weighted by molar-refractivity contribution is -0.385. The van der Waals surface area contributed by atoms with E-state index in [1.54, 1.807) is 12.1 Å². The SMILES string of the molecule is O=[N+]([O-])c1cc(Cl)ccc1Cn1cncn1. The molecule has 2 aromatic rings. The molecule has 0 saturated carbocycles. The molecule has 0 amide bonds. The van der Waals surface area contributed by atoms with Crippen molar-refractivity contribution < 1.29 is 4.92 Å². The Labute approximate surface area is 95.6 Å². The summed E-state index contributed by atoms with van der Waals surface area (Å²) in [6.07, 6.45) is 2.88. The zero-order valence-electron chi connectivity index (χ0n) is 8.08. The van der Waals surface area contributed by atoms with E-state index >= 15 is 0 Å². The van der Waals surface area contributed by atoms with E-state index in [0.717, 1.165) is 0 Å². The first kappa shape index (κ1) is 10.6. The van der Waals surface area contributed by atoms with Gasteiger partial charge in [0.15, 0.2) is 0 Å². The van der Waals surface area contributed by atoms with Crippen molar-refractivity contribution in [3.63, 3.8) is 0 Å². The Hall–Kier alpha value is -1.95. The van der Waals surface area contributed by atoms with E-state index in [4.69, 9.17) is 11.6 Å². The highest BCUT2D eigenvalue weighted by molar-refractivity contribution is 6.30. The summed E-state index contributed by atoms with van der Waals surface area (Å²) >= 11 is 5.70. The fourth-order valence-corrected chi connectivity index (χ4v) is 1.50. The zero-order valence-corrected chi connectivity index (χ0v) is 8.83. The lowest BCUT2D eigenvalue weighted by atomic mass is 10.2. The summed E-state index contributed by atoms with van der Waals surface area (Å²) in [6, 6.07) is 4.55. The number of aromatic nitrogens is 3. The predicted molar refractivity (Wildman–Crippen MR) is 57.2 cm³/mol. The lowest BCUT2D eigenvalue weighted by Gasteiger charge is -2.02. The van der Waals surface area contributed by atoms with Gasteiger partial charge in [-0.15, -0.1) is 0 Å². The molecule has 0 aliphatic heterocycles. The fourth-order valence-electron chi connectivity index (χ4n) is 1.33. The average Bonchev–Trinajstić information content (AvgIpc) is 2.73. The second-order valence-electron chi connectivity index (χ2n) is 3.12. The van der Waals surface area contributed by atoms with E-state index in [0.29, 0.717) is 17.1 Å². The van der Waals surface area contributed by atoms with Gasteiger partial charge in [0.25, 0.3) is 5.69 Å². The summed E-state index contributed by atoms with van der Waals surface area (Å²) in [7, 11) is 0. The van der Waals surface area contributed by atoms with Crippen molar-refractivity contribution >= 4 is 17.3 Å². The molecule has 82 valence electrons. The summed E-state index contributed by atoms with van der Waals surface area (Å²) in [5.41, 5.74) is 0.530. The van der Waals surface area contributed by atoms with Crippen LogP contribution in [0.1, 0.15) is 5.56 Å². The van der Waals surface area contributed by atoms with Crippen LogP contribution in [0.3, 0.4) is 0 Å². The number of hydrogen-bond acceptors (Lipinski definition) is 4. The first-order chi connectivity index (χ1) is 7.66. The maximum absolute atomic E-state index is 10.8. The summed E-state index contributed by atoms with van der Waals surface area (Å²) in [5, 5.41) is 15.0. The van der Waals surface area contributed by atoms with E-state index < -0.39 is 4.92 Å². The first-order valence-electron chi connectivity index (χ1n) is 4.42. The van der Waals surface area contributed by atoms with Gasteiger partial charge < -0.3 is 0 Å². The largest absolute Gasteiger partial charge is 0.275 e. The van der Waals surface area contributed by atoms with E-state index in [1.165, 1.54) is 23.4 Å². The Balaban J connectivity index is 2.36. The maximum atomic E-state index is 10.8. The van der Waals surface area contributed by atoms with Crippen molar-refractivity contribution in [1.82, 2.24) is 14.8 Å². The number of benzene rings is 1. The first-order valence-corrected chi connectivity index (χ1v) is 4.80. The third-order valence-corrected chi connectivity index (χ3v) is 2.28.